The van der Waals surface area contributed by atoms with Crippen molar-refractivity contribution in [1.29, 1.82) is 0 Å². The average Bonchev–Trinajstić information content (AvgIpc) is 2.33. The largest absolute Gasteiger partial charge is 0.461 e. The number of methoxy groups -OCH3 is 1. The van der Waals surface area contributed by atoms with Gasteiger partial charge in [0.2, 0.25) is 5.91 Å². The fourth-order valence-electron chi connectivity index (χ4n) is 1.72. The molecular formula is C14H29ClN2O4. The molecule has 0 bridgehead atoms. The van der Waals surface area contributed by atoms with E-state index in [1.165, 1.54) is 7.11 Å². The molecule has 0 saturated heterocycles. The van der Waals surface area contributed by atoms with Gasteiger partial charge in [-0.3, -0.25) is 4.79 Å². The predicted molar refractivity (Wildman–Crippen MR) is 84.3 cm³/mol. The van der Waals surface area contributed by atoms with Crippen LogP contribution in [-0.2, 0) is 19.1 Å². The van der Waals surface area contributed by atoms with Crippen LogP contribution in [-0.4, -0.2) is 43.8 Å². The second-order valence-electron chi connectivity index (χ2n) is 5.53. The van der Waals surface area contributed by atoms with Crippen molar-refractivity contribution in [1.82, 2.24) is 5.32 Å². The summed E-state index contributed by atoms with van der Waals surface area (Å²) >= 11 is 0. The van der Waals surface area contributed by atoms with E-state index in [4.69, 9.17) is 15.2 Å². The van der Waals surface area contributed by atoms with Crippen molar-refractivity contribution in [3.8, 4) is 0 Å². The number of esters is 1. The summed E-state index contributed by atoms with van der Waals surface area (Å²) in [7, 11) is 1.50. The molecule has 0 fully saturated rings. The number of rotatable bonds is 9. The van der Waals surface area contributed by atoms with Crippen LogP contribution >= 0.6 is 12.4 Å². The van der Waals surface area contributed by atoms with E-state index in [1.54, 1.807) is 13.8 Å². The molecule has 126 valence electrons. The van der Waals surface area contributed by atoms with Crippen molar-refractivity contribution in [2.24, 2.45) is 11.7 Å². The Labute approximate surface area is 133 Å². The lowest BCUT2D eigenvalue weighted by Crippen LogP contribution is -2.45. The van der Waals surface area contributed by atoms with Crippen molar-refractivity contribution in [3.63, 3.8) is 0 Å². The smallest absolute Gasteiger partial charge is 0.328 e. The molecule has 21 heavy (non-hydrogen) atoms. The molecule has 0 saturated carbocycles. The van der Waals surface area contributed by atoms with E-state index in [1.807, 2.05) is 13.8 Å². The van der Waals surface area contributed by atoms with Crippen LogP contribution in [0.4, 0.5) is 0 Å². The Morgan fingerprint density at radius 3 is 2.14 bits per heavy atom. The van der Waals surface area contributed by atoms with Gasteiger partial charge in [-0.05, 0) is 26.2 Å². The van der Waals surface area contributed by atoms with Gasteiger partial charge in [0.1, 0.15) is 6.04 Å². The van der Waals surface area contributed by atoms with Crippen molar-refractivity contribution in [2.45, 2.75) is 58.8 Å². The highest BCUT2D eigenvalue weighted by atomic mass is 35.5. The lowest BCUT2D eigenvalue weighted by Gasteiger charge is -2.21. The summed E-state index contributed by atoms with van der Waals surface area (Å²) < 4.78 is 10.2. The van der Waals surface area contributed by atoms with Crippen LogP contribution in [0.15, 0.2) is 0 Å². The third-order valence-corrected chi connectivity index (χ3v) is 2.69. The Morgan fingerprint density at radius 2 is 1.76 bits per heavy atom. The molecule has 1 amide bonds. The Hall–Kier alpha value is -0.850. The highest BCUT2D eigenvalue weighted by Gasteiger charge is 2.25. The van der Waals surface area contributed by atoms with Gasteiger partial charge in [0.15, 0.2) is 0 Å². The molecule has 6 nitrogen and oxygen atoms in total. The zero-order valence-electron chi connectivity index (χ0n) is 13.5. The monoisotopic (exact) mass is 324 g/mol. The van der Waals surface area contributed by atoms with Crippen LogP contribution in [0.3, 0.4) is 0 Å². The first-order valence-electron chi connectivity index (χ1n) is 7.02. The number of ether oxygens (including phenoxy) is 2. The third-order valence-electron chi connectivity index (χ3n) is 2.69. The van der Waals surface area contributed by atoms with Gasteiger partial charge >= 0.3 is 5.97 Å². The van der Waals surface area contributed by atoms with E-state index in [-0.39, 0.29) is 49.4 Å². The molecule has 7 heteroatoms. The van der Waals surface area contributed by atoms with Gasteiger partial charge in [0.25, 0.3) is 0 Å². The molecule has 0 rings (SSSR count). The molecule has 0 heterocycles. The summed E-state index contributed by atoms with van der Waals surface area (Å²) in [5, 5.41) is 2.70. The maximum absolute atomic E-state index is 12.0. The summed E-state index contributed by atoms with van der Waals surface area (Å²) in [4.78, 5) is 23.9. The first-order valence-corrected chi connectivity index (χ1v) is 7.02. The van der Waals surface area contributed by atoms with Crippen LogP contribution in [0.1, 0.15) is 40.5 Å². The van der Waals surface area contributed by atoms with Crippen LogP contribution in [0.2, 0.25) is 0 Å². The first kappa shape index (κ1) is 22.4. The standard InChI is InChI=1S/C14H28N2O4.ClH/c1-9(2)6-12(14(18)20-10(3)4)16-13(17)7-11(8-15)19-5;/h9-12H,6-8,15H2,1-5H3,(H,16,17);1H/t11?,12-;/m0./s1. The lowest BCUT2D eigenvalue weighted by molar-refractivity contribution is -0.152. The number of halogens is 1. The van der Waals surface area contributed by atoms with Crippen molar-refractivity contribution < 1.29 is 19.1 Å². The quantitative estimate of drug-likeness (QED) is 0.623. The van der Waals surface area contributed by atoms with Gasteiger partial charge in [-0.15, -0.1) is 12.4 Å². The van der Waals surface area contributed by atoms with Gasteiger partial charge in [-0.2, -0.15) is 0 Å². The summed E-state index contributed by atoms with van der Waals surface area (Å²) in [6, 6.07) is -0.625. The molecule has 0 spiro atoms. The van der Waals surface area contributed by atoms with Crippen LogP contribution in [0.25, 0.3) is 0 Å². The molecule has 1 unspecified atom stereocenters. The topological polar surface area (TPSA) is 90.6 Å². The first-order chi connectivity index (χ1) is 9.29. The highest BCUT2D eigenvalue weighted by Crippen LogP contribution is 2.08. The minimum atomic E-state index is -0.625. The molecule has 0 aromatic heterocycles. The zero-order valence-corrected chi connectivity index (χ0v) is 14.4. The molecule has 0 aromatic carbocycles. The van der Waals surface area contributed by atoms with E-state index >= 15 is 0 Å². The molecule has 3 N–H and O–H groups in total. The summed E-state index contributed by atoms with van der Waals surface area (Å²) in [6.07, 6.45) is 0.134. The summed E-state index contributed by atoms with van der Waals surface area (Å²) in [5.74, 6) is -0.384. The van der Waals surface area contributed by atoms with Gasteiger partial charge in [-0.25, -0.2) is 4.79 Å². The van der Waals surface area contributed by atoms with Crippen LogP contribution in [0.5, 0.6) is 0 Å². The van der Waals surface area contributed by atoms with Crippen LogP contribution < -0.4 is 11.1 Å². The Balaban J connectivity index is 0. The third kappa shape index (κ3) is 10.5. The number of carbonyl (C=O) groups excluding carboxylic acids is 2. The number of hydrogen-bond acceptors (Lipinski definition) is 5. The zero-order chi connectivity index (χ0) is 15.7. The Morgan fingerprint density at radius 1 is 1.19 bits per heavy atom. The second-order valence-corrected chi connectivity index (χ2v) is 5.53. The SMILES string of the molecule is COC(CN)CC(=O)N[C@@H](CC(C)C)C(=O)OC(C)C.Cl. The van der Waals surface area contributed by atoms with Crippen LogP contribution in [0, 0.1) is 5.92 Å². The summed E-state index contributed by atoms with van der Waals surface area (Å²) in [6.45, 7) is 7.79. The fourth-order valence-corrected chi connectivity index (χ4v) is 1.72. The van der Waals surface area contributed by atoms with E-state index in [9.17, 15) is 9.59 Å². The van der Waals surface area contributed by atoms with E-state index < -0.39 is 12.0 Å². The van der Waals surface area contributed by atoms with Gasteiger partial charge in [0.05, 0.1) is 18.6 Å². The highest BCUT2D eigenvalue weighted by molar-refractivity contribution is 5.85. The van der Waals surface area contributed by atoms with Crippen molar-refractivity contribution >= 4 is 24.3 Å². The lowest BCUT2D eigenvalue weighted by atomic mass is 10.0. The second kappa shape index (κ2) is 11.8. The van der Waals surface area contributed by atoms with Gasteiger partial charge in [0, 0.05) is 13.7 Å². The average molecular weight is 325 g/mol. The Kier molecular flexibility index (Phi) is 12.6. The molecule has 0 radical (unpaired) electrons. The maximum Gasteiger partial charge on any atom is 0.328 e. The maximum atomic E-state index is 12.0. The predicted octanol–water partition coefficient (Wildman–Crippen LogP) is 1.25. The minimum Gasteiger partial charge on any atom is -0.461 e. The van der Waals surface area contributed by atoms with Crippen molar-refractivity contribution in [3.05, 3.63) is 0 Å². The molecular weight excluding hydrogens is 296 g/mol. The fraction of sp³-hybridized carbons (Fsp3) is 0.857. The number of amides is 1. The van der Waals surface area contributed by atoms with Gasteiger partial charge < -0.3 is 20.5 Å². The molecule has 0 aliphatic heterocycles. The molecule has 0 aromatic rings. The van der Waals surface area contributed by atoms with Crippen molar-refractivity contribution in [2.75, 3.05) is 13.7 Å². The number of nitrogens with two attached hydrogens (primary N) is 1. The van der Waals surface area contributed by atoms with E-state index in [2.05, 4.69) is 5.32 Å². The molecule has 0 aliphatic carbocycles. The number of carbonyl (C=O) groups is 2. The van der Waals surface area contributed by atoms with E-state index in [0.29, 0.717) is 6.42 Å². The normalized spacial score (nSPS) is 13.5. The Bertz CT molecular complexity index is 307. The number of hydrogen-bond donors (Lipinski definition) is 2. The molecule has 0 aliphatic rings. The minimum absolute atomic E-state index is 0. The molecule has 2 atom stereocenters. The summed E-state index contributed by atoms with van der Waals surface area (Å²) in [5.41, 5.74) is 5.47. The number of nitrogens with one attached hydrogen (secondary N) is 1. The van der Waals surface area contributed by atoms with E-state index in [0.717, 1.165) is 0 Å². The van der Waals surface area contributed by atoms with Gasteiger partial charge in [-0.1, -0.05) is 13.8 Å².